The molecule has 2 aromatic heterocycles. The summed E-state index contributed by atoms with van der Waals surface area (Å²) in [6.07, 6.45) is 4.22. The van der Waals surface area contributed by atoms with Crippen LogP contribution in [0.1, 0.15) is 0 Å². The van der Waals surface area contributed by atoms with Gasteiger partial charge in [0.05, 0.1) is 18.6 Å². The summed E-state index contributed by atoms with van der Waals surface area (Å²) in [4.78, 5) is 17.8. The summed E-state index contributed by atoms with van der Waals surface area (Å²) in [7, 11) is 0. The molecule has 5 nitrogen and oxygen atoms in total. The smallest absolute Gasteiger partial charge is 0.139 e. The van der Waals surface area contributed by atoms with Crippen LogP contribution in [0.5, 0.6) is 5.75 Å². The van der Waals surface area contributed by atoms with E-state index in [1.165, 1.54) is 0 Å². The van der Waals surface area contributed by atoms with E-state index in [4.69, 9.17) is 0 Å². The van der Waals surface area contributed by atoms with Crippen LogP contribution in [0.3, 0.4) is 0 Å². The maximum absolute atomic E-state index is 10.4. The third-order valence-electron chi connectivity index (χ3n) is 2.84. The molecular formula is C13H11N3O2. The fraction of sp³-hybridized carbons (Fsp3) is 0.0769. The molecule has 3 rings (SSSR count). The van der Waals surface area contributed by atoms with Crippen molar-refractivity contribution in [2.45, 2.75) is 6.54 Å². The number of nitrogens with zero attached hydrogens (tertiary/aromatic N) is 2. The Labute approximate surface area is 103 Å². The van der Waals surface area contributed by atoms with E-state index >= 15 is 0 Å². The van der Waals surface area contributed by atoms with Crippen LogP contribution in [0, 0.1) is 0 Å². The first-order valence-electron chi connectivity index (χ1n) is 5.54. The van der Waals surface area contributed by atoms with Gasteiger partial charge in [-0.1, -0.05) is 6.07 Å². The van der Waals surface area contributed by atoms with Crippen molar-refractivity contribution >= 4 is 17.2 Å². The van der Waals surface area contributed by atoms with Crippen LogP contribution in [0.4, 0.5) is 0 Å². The maximum atomic E-state index is 10.4. The topological polar surface area (TPSA) is 70.9 Å². The van der Waals surface area contributed by atoms with Gasteiger partial charge >= 0.3 is 0 Å². The number of hydrogen-bond acceptors (Lipinski definition) is 3. The molecular weight excluding hydrogens is 230 g/mol. The number of aromatic nitrogens is 3. The number of aromatic hydroxyl groups is 1. The van der Waals surface area contributed by atoms with Gasteiger partial charge in [-0.3, -0.25) is 0 Å². The zero-order valence-electron chi connectivity index (χ0n) is 9.50. The molecule has 0 radical (unpaired) electrons. The number of benzene rings is 1. The number of hydrogen-bond donors (Lipinski definition) is 2. The predicted molar refractivity (Wildman–Crippen MR) is 67.2 cm³/mol. The highest BCUT2D eigenvalue weighted by atomic mass is 16.3. The molecule has 3 aromatic rings. The van der Waals surface area contributed by atoms with Crippen LogP contribution in [-0.2, 0) is 11.3 Å². The fourth-order valence-electron chi connectivity index (χ4n) is 1.96. The standard InChI is InChI=1S/C13H11N3O2/c17-5-4-16-7-12(14-8-16)11-6-9-10(15-11)2-1-3-13(9)18/h1-3,5-8,15,18H,4H2. The third-order valence-corrected chi connectivity index (χ3v) is 2.84. The van der Waals surface area contributed by atoms with E-state index in [1.807, 2.05) is 12.1 Å². The van der Waals surface area contributed by atoms with E-state index in [1.54, 1.807) is 29.2 Å². The van der Waals surface area contributed by atoms with E-state index in [2.05, 4.69) is 9.97 Å². The molecule has 0 fully saturated rings. The predicted octanol–water partition coefficient (Wildman–Crippen LogP) is 1.94. The Morgan fingerprint density at radius 1 is 1.44 bits per heavy atom. The molecule has 2 N–H and O–H groups in total. The minimum atomic E-state index is 0.238. The first kappa shape index (κ1) is 10.6. The molecule has 0 saturated carbocycles. The van der Waals surface area contributed by atoms with Gasteiger partial charge in [0.25, 0.3) is 0 Å². The normalized spacial score (nSPS) is 10.9. The average Bonchev–Trinajstić information content (AvgIpc) is 2.96. The summed E-state index contributed by atoms with van der Waals surface area (Å²) in [5, 5.41) is 10.5. The molecule has 0 saturated heterocycles. The van der Waals surface area contributed by atoms with Crippen molar-refractivity contribution < 1.29 is 9.90 Å². The minimum Gasteiger partial charge on any atom is -0.507 e. The Morgan fingerprint density at radius 3 is 3.11 bits per heavy atom. The SMILES string of the molecule is O=CCn1cnc(-c2cc3c(O)cccc3[nH]2)c1. The van der Waals surface area contributed by atoms with Crippen molar-refractivity contribution in [1.29, 1.82) is 0 Å². The number of aldehydes is 1. The van der Waals surface area contributed by atoms with Crippen LogP contribution in [0.2, 0.25) is 0 Å². The second kappa shape index (κ2) is 4.03. The number of H-pyrrole nitrogens is 1. The summed E-state index contributed by atoms with van der Waals surface area (Å²) in [6, 6.07) is 7.16. The lowest BCUT2D eigenvalue weighted by molar-refractivity contribution is -0.108. The van der Waals surface area contributed by atoms with Crippen molar-refractivity contribution in [3.63, 3.8) is 0 Å². The molecule has 1 aromatic carbocycles. The summed E-state index contributed by atoms with van der Waals surface area (Å²) >= 11 is 0. The fourth-order valence-corrected chi connectivity index (χ4v) is 1.96. The third kappa shape index (κ3) is 1.66. The summed E-state index contributed by atoms with van der Waals surface area (Å²) < 4.78 is 1.70. The Balaban J connectivity index is 2.07. The lowest BCUT2D eigenvalue weighted by Gasteiger charge is -1.91. The number of carbonyl (C=O) groups excluding carboxylic acids is 1. The molecule has 0 aliphatic rings. The van der Waals surface area contributed by atoms with E-state index in [9.17, 15) is 9.90 Å². The molecule has 0 amide bonds. The van der Waals surface area contributed by atoms with Gasteiger partial charge in [-0.25, -0.2) is 4.98 Å². The summed E-state index contributed by atoms with van der Waals surface area (Å²) in [5.41, 5.74) is 2.42. The number of imidazole rings is 1. The lowest BCUT2D eigenvalue weighted by atomic mass is 10.2. The van der Waals surface area contributed by atoms with Crippen molar-refractivity contribution in [2.24, 2.45) is 0 Å². The Kier molecular flexibility index (Phi) is 2.37. The monoisotopic (exact) mass is 241 g/mol. The Hall–Kier alpha value is -2.56. The van der Waals surface area contributed by atoms with E-state index < -0.39 is 0 Å². The number of phenols is 1. The summed E-state index contributed by atoms with van der Waals surface area (Å²) in [6.45, 7) is 0.290. The molecule has 0 atom stereocenters. The molecule has 0 unspecified atom stereocenters. The molecule has 0 aliphatic carbocycles. The van der Waals surface area contributed by atoms with Crippen LogP contribution >= 0.6 is 0 Å². The molecule has 18 heavy (non-hydrogen) atoms. The van der Waals surface area contributed by atoms with Crippen molar-refractivity contribution in [3.8, 4) is 17.1 Å². The molecule has 5 heteroatoms. The van der Waals surface area contributed by atoms with Gasteiger partial charge in [0.1, 0.15) is 17.7 Å². The molecule has 0 spiro atoms. The largest absolute Gasteiger partial charge is 0.507 e. The van der Waals surface area contributed by atoms with E-state index in [-0.39, 0.29) is 5.75 Å². The number of carbonyl (C=O) groups is 1. The Bertz CT molecular complexity index is 712. The van der Waals surface area contributed by atoms with Gasteiger partial charge in [-0.05, 0) is 18.2 Å². The number of aromatic amines is 1. The van der Waals surface area contributed by atoms with Gasteiger partial charge in [0.15, 0.2) is 0 Å². The minimum absolute atomic E-state index is 0.238. The van der Waals surface area contributed by atoms with E-state index in [0.717, 1.165) is 28.6 Å². The van der Waals surface area contributed by atoms with Crippen molar-refractivity contribution in [3.05, 3.63) is 36.8 Å². The number of nitrogens with one attached hydrogen (secondary N) is 1. The Morgan fingerprint density at radius 2 is 2.33 bits per heavy atom. The van der Waals surface area contributed by atoms with Crippen molar-refractivity contribution in [1.82, 2.24) is 14.5 Å². The number of phenolic OH excluding ortho intramolecular Hbond substituents is 1. The number of fused-ring (bicyclic) bond motifs is 1. The van der Waals surface area contributed by atoms with Crippen LogP contribution in [-0.4, -0.2) is 25.9 Å². The van der Waals surface area contributed by atoms with Crippen LogP contribution < -0.4 is 0 Å². The number of rotatable bonds is 3. The highest BCUT2D eigenvalue weighted by molar-refractivity contribution is 5.90. The van der Waals surface area contributed by atoms with Gasteiger partial charge in [0.2, 0.25) is 0 Å². The first-order chi connectivity index (χ1) is 8.78. The van der Waals surface area contributed by atoms with Crippen LogP contribution in [0.25, 0.3) is 22.3 Å². The maximum Gasteiger partial charge on any atom is 0.139 e. The van der Waals surface area contributed by atoms with Gasteiger partial charge in [-0.15, -0.1) is 0 Å². The van der Waals surface area contributed by atoms with Crippen molar-refractivity contribution in [2.75, 3.05) is 0 Å². The molecule has 90 valence electrons. The summed E-state index contributed by atoms with van der Waals surface area (Å²) in [5.74, 6) is 0.238. The first-order valence-corrected chi connectivity index (χ1v) is 5.54. The average molecular weight is 241 g/mol. The van der Waals surface area contributed by atoms with E-state index in [0.29, 0.717) is 6.54 Å². The van der Waals surface area contributed by atoms with Gasteiger partial charge in [-0.2, -0.15) is 0 Å². The molecule has 2 heterocycles. The highest BCUT2D eigenvalue weighted by Crippen LogP contribution is 2.28. The molecule has 0 aliphatic heterocycles. The highest BCUT2D eigenvalue weighted by Gasteiger charge is 2.08. The second-order valence-electron chi connectivity index (χ2n) is 4.04. The van der Waals surface area contributed by atoms with Gasteiger partial charge < -0.3 is 19.5 Å². The molecule has 0 bridgehead atoms. The zero-order valence-corrected chi connectivity index (χ0v) is 9.50. The zero-order chi connectivity index (χ0) is 12.5. The van der Waals surface area contributed by atoms with Crippen LogP contribution in [0.15, 0.2) is 36.8 Å². The quantitative estimate of drug-likeness (QED) is 0.688. The van der Waals surface area contributed by atoms with Gasteiger partial charge in [0, 0.05) is 17.1 Å². The lowest BCUT2D eigenvalue weighted by Crippen LogP contribution is -1.93. The second-order valence-corrected chi connectivity index (χ2v) is 4.04.